The highest BCUT2D eigenvalue weighted by Gasteiger charge is 2.13. The van der Waals surface area contributed by atoms with Crippen molar-refractivity contribution in [2.45, 2.75) is 45.6 Å². The van der Waals surface area contributed by atoms with Gasteiger partial charge >= 0.3 is 0 Å². The summed E-state index contributed by atoms with van der Waals surface area (Å²) in [6.45, 7) is 14.9. The highest BCUT2D eigenvalue weighted by atomic mass is 15.0. The number of rotatable bonds is 7. The minimum Gasteiger partial charge on any atom is -0.348 e. The first-order valence-electron chi connectivity index (χ1n) is 12.3. The van der Waals surface area contributed by atoms with Crippen molar-refractivity contribution in [2.24, 2.45) is 0 Å². The summed E-state index contributed by atoms with van der Waals surface area (Å²) in [5, 5.41) is 8.64. The summed E-state index contributed by atoms with van der Waals surface area (Å²) >= 11 is 0. The fraction of sp³-hybridized carbons (Fsp3) is 0.357. The number of nitrogens with one attached hydrogen (secondary N) is 4. The average molecular weight is 457 g/mol. The molecule has 2 aromatic heterocycles. The summed E-state index contributed by atoms with van der Waals surface area (Å²) in [5.74, 6) is 0.949. The van der Waals surface area contributed by atoms with Gasteiger partial charge in [0.15, 0.2) is 0 Å². The van der Waals surface area contributed by atoms with E-state index >= 15 is 0 Å². The van der Waals surface area contributed by atoms with E-state index in [1.807, 2.05) is 6.20 Å². The molecule has 3 aromatic rings. The number of imidazole rings is 2. The molecule has 5 rings (SSSR count). The predicted molar refractivity (Wildman–Crippen MR) is 141 cm³/mol. The van der Waals surface area contributed by atoms with Crippen LogP contribution in [0.15, 0.2) is 48.4 Å². The highest BCUT2D eigenvalue weighted by Crippen LogP contribution is 2.25. The molecule has 0 spiro atoms. The molecule has 3 heterocycles. The lowest BCUT2D eigenvalue weighted by molar-refractivity contribution is 0.655. The van der Waals surface area contributed by atoms with Crippen molar-refractivity contribution < 1.29 is 0 Å². The Morgan fingerprint density at radius 1 is 1.18 bits per heavy atom. The van der Waals surface area contributed by atoms with Gasteiger partial charge in [-0.3, -0.25) is 0 Å². The Morgan fingerprint density at radius 2 is 2.03 bits per heavy atom. The Kier molecular flexibility index (Phi) is 8.28. The van der Waals surface area contributed by atoms with Gasteiger partial charge in [-0.05, 0) is 91.5 Å². The molecule has 34 heavy (non-hydrogen) atoms. The van der Waals surface area contributed by atoms with E-state index in [9.17, 15) is 0 Å². The quantitative estimate of drug-likeness (QED) is 0.411. The van der Waals surface area contributed by atoms with Crippen molar-refractivity contribution in [3.63, 3.8) is 0 Å². The Labute approximate surface area is 202 Å². The summed E-state index contributed by atoms with van der Waals surface area (Å²) < 4.78 is 0. The van der Waals surface area contributed by atoms with Crippen LogP contribution in [0.5, 0.6) is 0 Å². The van der Waals surface area contributed by atoms with E-state index in [2.05, 4.69) is 81.0 Å². The molecule has 2 aliphatic rings. The molecule has 1 aliphatic carbocycles. The summed E-state index contributed by atoms with van der Waals surface area (Å²) in [5.41, 5.74) is 6.56. The topological polar surface area (TPSA) is 81.4 Å². The van der Waals surface area contributed by atoms with Crippen molar-refractivity contribution in [3.05, 3.63) is 76.1 Å². The van der Waals surface area contributed by atoms with Gasteiger partial charge in [0.1, 0.15) is 5.82 Å². The average Bonchev–Trinajstić information content (AvgIpc) is 3.63. The molecular formula is C28H36N6. The number of fused-ring (bicyclic) bond motifs is 1. The zero-order chi connectivity index (χ0) is 23.8. The maximum atomic E-state index is 4.46. The Morgan fingerprint density at radius 3 is 2.76 bits per heavy atom. The third-order valence-corrected chi connectivity index (χ3v) is 6.21. The first-order chi connectivity index (χ1) is 16.6. The molecule has 0 unspecified atom stereocenters. The Balaban J connectivity index is 0.000000486. The number of aryl methyl sites for hydroxylation is 1. The van der Waals surface area contributed by atoms with Gasteiger partial charge in [0.25, 0.3) is 0 Å². The summed E-state index contributed by atoms with van der Waals surface area (Å²) in [4.78, 5) is 15.4. The molecule has 0 saturated carbocycles. The van der Waals surface area contributed by atoms with E-state index < -0.39 is 0 Å². The van der Waals surface area contributed by atoms with Crippen LogP contribution in [-0.2, 0) is 13.0 Å². The number of aromatic nitrogens is 4. The minimum absolute atomic E-state index is 0.754. The van der Waals surface area contributed by atoms with Crippen LogP contribution in [0.1, 0.15) is 49.8 Å². The molecule has 1 saturated heterocycles. The zero-order valence-corrected chi connectivity index (χ0v) is 20.2. The van der Waals surface area contributed by atoms with E-state index in [0.717, 1.165) is 71.1 Å². The van der Waals surface area contributed by atoms with Gasteiger partial charge in [0, 0.05) is 11.3 Å². The maximum absolute atomic E-state index is 4.46. The summed E-state index contributed by atoms with van der Waals surface area (Å²) in [6.07, 6.45) is 13.7. The standard InChI is InChI=1S/C24H27N5.C4H9N/c1-4-9-25-14-24-26-13-23(29-24)20-6-5-18(17(3)11-20)10-16(2)19-7-8-21-22(12-19)28-15-27-21;1-2-4-5-3-1/h5-6,10-13,15,25H,2-4,7-9,14H2,1H3,(H,26,29)(H,27,28);5H,1-4H2/b18-10-;. The molecule has 0 amide bonds. The van der Waals surface area contributed by atoms with Crippen LogP contribution < -0.4 is 21.1 Å². The van der Waals surface area contributed by atoms with Crippen LogP contribution in [0.25, 0.3) is 30.0 Å². The Bertz CT molecular complexity index is 1230. The summed E-state index contributed by atoms with van der Waals surface area (Å²) in [7, 11) is 0. The molecule has 6 heteroatoms. The van der Waals surface area contributed by atoms with Crippen LogP contribution in [0.2, 0.25) is 0 Å². The van der Waals surface area contributed by atoms with Gasteiger partial charge in [0.05, 0.1) is 30.5 Å². The van der Waals surface area contributed by atoms with Crippen LogP contribution in [0.4, 0.5) is 0 Å². The van der Waals surface area contributed by atoms with Crippen LogP contribution in [-0.4, -0.2) is 39.6 Å². The number of benzene rings is 1. The third kappa shape index (κ3) is 6.22. The van der Waals surface area contributed by atoms with E-state index in [1.54, 1.807) is 6.33 Å². The first-order valence-corrected chi connectivity index (χ1v) is 12.3. The number of aromatic amines is 2. The van der Waals surface area contributed by atoms with Crippen LogP contribution in [0.3, 0.4) is 0 Å². The van der Waals surface area contributed by atoms with Crippen LogP contribution in [0, 0.1) is 0 Å². The maximum Gasteiger partial charge on any atom is 0.120 e. The number of allylic oxidation sites excluding steroid dienone is 2. The molecule has 1 fully saturated rings. The summed E-state index contributed by atoms with van der Waals surface area (Å²) in [6, 6.07) is 6.30. The van der Waals surface area contributed by atoms with E-state index in [4.69, 9.17) is 0 Å². The Hall–Kier alpha value is -3.22. The second kappa shape index (κ2) is 11.8. The number of hydrogen-bond acceptors (Lipinski definition) is 4. The smallest absolute Gasteiger partial charge is 0.120 e. The van der Waals surface area contributed by atoms with Gasteiger partial charge in [-0.25, -0.2) is 9.97 Å². The lowest BCUT2D eigenvalue weighted by Gasteiger charge is -2.12. The van der Waals surface area contributed by atoms with Gasteiger partial charge in [-0.2, -0.15) is 0 Å². The van der Waals surface area contributed by atoms with Crippen molar-refractivity contribution in [3.8, 4) is 11.3 Å². The van der Waals surface area contributed by atoms with Gasteiger partial charge in [-0.15, -0.1) is 0 Å². The molecular weight excluding hydrogens is 420 g/mol. The number of nitrogens with zero attached hydrogens (tertiary/aromatic N) is 2. The molecule has 4 N–H and O–H groups in total. The fourth-order valence-electron chi connectivity index (χ4n) is 4.21. The van der Waals surface area contributed by atoms with Crippen LogP contribution >= 0.6 is 0 Å². The highest BCUT2D eigenvalue weighted by molar-refractivity contribution is 5.68. The van der Waals surface area contributed by atoms with E-state index in [-0.39, 0.29) is 0 Å². The van der Waals surface area contributed by atoms with Gasteiger partial charge < -0.3 is 20.6 Å². The van der Waals surface area contributed by atoms with Crippen molar-refractivity contribution in [1.29, 1.82) is 0 Å². The lowest BCUT2D eigenvalue weighted by Crippen LogP contribution is -2.23. The number of hydrogen-bond donors (Lipinski definition) is 4. The first kappa shape index (κ1) is 23.9. The van der Waals surface area contributed by atoms with E-state index in [0.29, 0.717) is 0 Å². The fourth-order valence-corrected chi connectivity index (χ4v) is 4.21. The minimum atomic E-state index is 0.754. The second-order valence-electron chi connectivity index (χ2n) is 8.90. The van der Waals surface area contributed by atoms with Gasteiger partial charge in [-0.1, -0.05) is 32.2 Å². The monoisotopic (exact) mass is 456 g/mol. The van der Waals surface area contributed by atoms with Gasteiger partial charge in [0.2, 0.25) is 0 Å². The SMILES string of the molecule is C1CCNC1.C=C(/C=c1/ccc(-c2cnc(CNCCC)[nH]2)cc1=C)C1=Cc2nc[nH]c2CC1. The van der Waals surface area contributed by atoms with Crippen molar-refractivity contribution >= 4 is 18.7 Å². The molecule has 6 nitrogen and oxygen atoms in total. The lowest BCUT2D eigenvalue weighted by atomic mass is 9.94. The third-order valence-electron chi connectivity index (χ3n) is 6.21. The normalized spacial score (nSPS) is 15.4. The molecule has 0 atom stereocenters. The predicted octanol–water partition coefficient (Wildman–Crippen LogP) is 3.45. The number of H-pyrrole nitrogens is 2. The zero-order valence-electron chi connectivity index (χ0n) is 20.2. The molecule has 178 valence electrons. The second-order valence-corrected chi connectivity index (χ2v) is 8.90. The molecule has 0 bridgehead atoms. The largest absolute Gasteiger partial charge is 0.348 e. The molecule has 1 aromatic carbocycles. The van der Waals surface area contributed by atoms with Crippen molar-refractivity contribution in [1.82, 2.24) is 30.6 Å². The van der Waals surface area contributed by atoms with E-state index in [1.165, 1.54) is 37.2 Å². The van der Waals surface area contributed by atoms with Crippen molar-refractivity contribution in [2.75, 3.05) is 19.6 Å². The molecule has 0 radical (unpaired) electrons. The molecule has 1 aliphatic heterocycles.